The van der Waals surface area contributed by atoms with Crippen molar-refractivity contribution in [2.75, 3.05) is 7.05 Å². The van der Waals surface area contributed by atoms with E-state index in [0.29, 0.717) is 16.5 Å². The normalized spacial score (nSPS) is 12.1. The number of nitrogens with zero attached hydrogens (tertiary/aromatic N) is 4. The molecule has 0 aliphatic heterocycles. The Morgan fingerprint density at radius 1 is 1.19 bits per heavy atom. The van der Waals surface area contributed by atoms with Crippen LogP contribution in [0.15, 0.2) is 42.5 Å². The van der Waals surface area contributed by atoms with Crippen LogP contribution in [0.1, 0.15) is 35.0 Å². The van der Waals surface area contributed by atoms with E-state index in [1.54, 1.807) is 38.1 Å². The van der Waals surface area contributed by atoms with Crippen LogP contribution in [0.4, 0.5) is 8.78 Å². The van der Waals surface area contributed by atoms with E-state index in [1.165, 1.54) is 16.6 Å². The third kappa shape index (κ3) is 3.83. The molecular formula is C19H17ClF2N4O. The van der Waals surface area contributed by atoms with E-state index in [1.807, 2.05) is 0 Å². The van der Waals surface area contributed by atoms with Gasteiger partial charge in [-0.15, -0.1) is 5.10 Å². The van der Waals surface area contributed by atoms with Gasteiger partial charge in [-0.2, -0.15) is 0 Å². The van der Waals surface area contributed by atoms with Crippen LogP contribution < -0.4 is 0 Å². The van der Waals surface area contributed by atoms with Gasteiger partial charge >= 0.3 is 0 Å². The molecule has 0 aliphatic carbocycles. The van der Waals surface area contributed by atoms with E-state index < -0.39 is 23.6 Å². The van der Waals surface area contributed by atoms with Crippen LogP contribution in [0.25, 0.3) is 5.69 Å². The number of carbonyl (C=O) groups is 1. The van der Waals surface area contributed by atoms with Gasteiger partial charge < -0.3 is 4.90 Å². The fraction of sp³-hybridized carbons (Fsp3) is 0.211. The molecule has 27 heavy (non-hydrogen) atoms. The third-order valence-electron chi connectivity index (χ3n) is 4.34. The summed E-state index contributed by atoms with van der Waals surface area (Å²) >= 11 is 5.89. The lowest BCUT2D eigenvalue weighted by atomic mass is 10.1. The van der Waals surface area contributed by atoms with Crippen molar-refractivity contribution >= 4 is 17.5 Å². The van der Waals surface area contributed by atoms with Gasteiger partial charge in [0.05, 0.1) is 11.7 Å². The van der Waals surface area contributed by atoms with E-state index >= 15 is 0 Å². The summed E-state index contributed by atoms with van der Waals surface area (Å²) < 4.78 is 29.0. The van der Waals surface area contributed by atoms with Crippen LogP contribution in [0.3, 0.4) is 0 Å². The molecule has 1 amide bonds. The second-order valence-corrected chi connectivity index (χ2v) is 6.57. The number of amides is 1. The molecule has 0 spiro atoms. The predicted molar refractivity (Wildman–Crippen MR) is 98.0 cm³/mol. The van der Waals surface area contributed by atoms with Crippen molar-refractivity contribution in [3.05, 3.63) is 76.3 Å². The van der Waals surface area contributed by atoms with Gasteiger partial charge in [-0.05, 0) is 56.3 Å². The highest BCUT2D eigenvalue weighted by Gasteiger charge is 2.25. The lowest BCUT2D eigenvalue weighted by Gasteiger charge is -2.24. The van der Waals surface area contributed by atoms with Crippen LogP contribution in [-0.2, 0) is 0 Å². The molecule has 8 heteroatoms. The number of aromatic nitrogens is 3. The second kappa shape index (κ2) is 7.44. The topological polar surface area (TPSA) is 51.0 Å². The van der Waals surface area contributed by atoms with Crippen molar-refractivity contribution < 1.29 is 13.6 Å². The summed E-state index contributed by atoms with van der Waals surface area (Å²) in [6, 6.07) is 9.38. The summed E-state index contributed by atoms with van der Waals surface area (Å²) in [4.78, 5) is 18.2. The number of rotatable bonds is 4. The molecule has 2 aromatic carbocycles. The number of benzene rings is 2. The first-order valence-corrected chi connectivity index (χ1v) is 8.57. The first kappa shape index (κ1) is 19.0. The molecule has 0 saturated heterocycles. The Bertz CT molecular complexity index is 988. The number of aryl methyl sites for hydroxylation is 1. The number of hydrogen-bond donors (Lipinski definition) is 0. The predicted octanol–water partition coefficient (Wildman–Crippen LogP) is 4.34. The number of halogens is 3. The summed E-state index contributed by atoms with van der Waals surface area (Å²) in [7, 11) is 1.50. The van der Waals surface area contributed by atoms with E-state index in [4.69, 9.17) is 11.6 Å². The monoisotopic (exact) mass is 390 g/mol. The highest BCUT2D eigenvalue weighted by atomic mass is 35.5. The summed E-state index contributed by atoms with van der Waals surface area (Å²) in [6.07, 6.45) is 0. The van der Waals surface area contributed by atoms with Gasteiger partial charge in [-0.25, -0.2) is 18.4 Å². The molecule has 1 atom stereocenters. The molecule has 0 bridgehead atoms. The molecule has 0 fully saturated rings. The quantitative estimate of drug-likeness (QED) is 0.665. The minimum absolute atomic E-state index is 0.0337. The van der Waals surface area contributed by atoms with E-state index in [-0.39, 0.29) is 11.4 Å². The van der Waals surface area contributed by atoms with Crippen molar-refractivity contribution in [2.45, 2.75) is 19.9 Å². The zero-order valence-electron chi connectivity index (χ0n) is 14.9. The van der Waals surface area contributed by atoms with Crippen LogP contribution in [-0.4, -0.2) is 32.6 Å². The highest BCUT2D eigenvalue weighted by molar-refractivity contribution is 6.30. The molecular weight excluding hydrogens is 374 g/mol. The van der Waals surface area contributed by atoms with Crippen molar-refractivity contribution in [3.8, 4) is 5.69 Å². The molecule has 1 unspecified atom stereocenters. The van der Waals surface area contributed by atoms with Gasteiger partial charge in [-0.1, -0.05) is 11.6 Å². The Balaban J connectivity index is 1.88. The van der Waals surface area contributed by atoms with Crippen molar-refractivity contribution in [2.24, 2.45) is 0 Å². The summed E-state index contributed by atoms with van der Waals surface area (Å²) in [5.41, 5.74) is 0.787. The zero-order valence-corrected chi connectivity index (χ0v) is 15.7. The molecule has 0 radical (unpaired) electrons. The Morgan fingerprint density at radius 2 is 1.85 bits per heavy atom. The highest BCUT2D eigenvalue weighted by Crippen LogP contribution is 2.24. The number of hydrogen-bond acceptors (Lipinski definition) is 3. The molecule has 3 aromatic rings. The minimum Gasteiger partial charge on any atom is -0.332 e. The maximum Gasteiger partial charge on any atom is 0.293 e. The van der Waals surface area contributed by atoms with Gasteiger partial charge in [0.25, 0.3) is 5.91 Å². The second-order valence-electron chi connectivity index (χ2n) is 6.13. The largest absolute Gasteiger partial charge is 0.332 e. The molecule has 1 aromatic heterocycles. The molecule has 5 nitrogen and oxygen atoms in total. The van der Waals surface area contributed by atoms with E-state index in [9.17, 15) is 13.6 Å². The van der Waals surface area contributed by atoms with Gasteiger partial charge in [0.2, 0.25) is 5.82 Å². The van der Waals surface area contributed by atoms with Crippen LogP contribution in [0.5, 0.6) is 0 Å². The average Bonchev–Trinajstić information content (AvgIpc) is 3.04. The standard InChI is InChI=1S/C19H17ClF2N4O/c1-11(16-10-14(21)6-9-17(16)22)25(3)19(27)18-23-12(2)26(24-18)15-7-4-13(20)5-8-15/h4-11H,1-3H3. The van der Waals surface area contributed by atoms with Crippen molar-refractivity contribution in [1.29, 1.82) is 0 Å². The maximum absolute atomic E-state index is 14.0. The molecule has 0 aliphatic rings. The fourth-order valence-electron chi connectivity index (χ4n) is 2.68. The van der Waals surface area contributed by atoms with Gasteiger partial charge in [0, 0.05) is 17.6 Å². The molecule has 1 heterocycles. The maximum atomic E-state index is 14.0. The first-order chi connectivity index (χ1) is 12.8. The molecule has 140 valence electrons. The smallest absolute Gasteiger partial charge is 0.293 e. The summed E-state index contributed by atoms with van der Waals surface area (Å²) in [6.45, 7) is 3.33. The summed E-state index contributed by atoms with van der Waals surface area (Å²) in [5.74, 6) is -1.17. The Labute approximate surface area is 160 Å². The van der Waals surface area contributed by atoms with Crippen LogP contribution in [0, 0.1) is 18.6 Å². The van der Waals surface area contributed by atoms with Crippen LogP contribution in [0.2, 0.25) is 5.02 Å². The SMILES string of the molecule is Cc1nc(C(=O)N(C)C(C)c2cc(F)ccc2F)nn1-c1ccc(Cl)cc1. The average molecular weight is 391 g/mol. The molecule has 3 rings (SSSR count). The molecule has 0 N–H and O–H groups in total. The van der Waals surface area contributed by atoms with Crippen LogP contribution >= 0.6 is 11.6 Å². The third-order valence-corrected chi connectivity index (χ3v) is 4.59. The Hall–Kier alpha value is -2.80. The Kier molecular flexibility index (Phi) is 5.23. The lowest BCUT2D eigenvalue weighted by Crippen LogP contribution is -2.31. The zero-order chi connectivity index (χ0) is 19.7. The van der Waals surface area contributed by atoms with Gasteiger partial charge in [-0.3, -0.25) is 4.79 Å². The van der Waals surface area contributed by atoms with E-state index in [0.717, 1.165) is 18.2 Å². The van der Waals surface area contributed by atoms with Crippen molar-refractivity contribution in [3.63, 3.8) is 0 Å². The van der Waals surface area contributed by atoms with Crippen molar-refractivity contribution in [1.82, 2.24) is 19.7 Å². The van der Waals surface area contributed by atoms with E-state index in [2.05, 4.69) is 10.1 Å². The molecule has 0 saturated carbocycles. The minimum atomic E-state index is -0.698. The number of carbonyl (C=O) groups excluding carboxylic acids is 1. The Morgan fingerprint density at radius 3 is 2.52 bits per heavy atom. The summed E-state index contributed by atoms with van der Waals surface area (Å²) in [5, 5.41) is 4.83. The van der Waals surface area contributed by atoms with Gasteiger partial charge in [0.1, 0.15) is 17.5 Å². The fourth-order valence-corrected chi connectivity index (χ4v) is 2.81. The lowest BCUT2D eigenvalue weighted by molar-refractivity contribution is 0.0728. The van der Waals surface area contributed by atoms with Gasteiger partial charge in [0.15, 0.2) is 0 Å². The first-order valence-electron chi connectivity index (χ1n) is 8.19.